The van der Waals surface area contributed by atoms with Gasteiger partial charge in [0.25, 0.3) is 0 Å². The van der Waals surface area contributed by atoms with Crippen LogP contribution in [0.4, 0.5) is 0 Å². The minimum absolute atomic E-state index is 0.513. The lowest BCUT2D eigenvalue weighted by molar-refractivity contribution is 0.203. The van der Waals surface area contributed by atoms with Gasteiger partial charge in [-0.05, 0) is 18.9 Å². The quantitative estimate of drug-likeness (QED) is 0.485. The Kier molecular flexibility index (Phi) is 6.22. The number of aliphatic imine (C=N–C) groups is 1. The van der Waals surface area contributed by atoms with E-state index in [-0.39, 0.29) is 0 Å². The summed E-state index contributed by atoms with van der Waals surface area (Å²) in [5.74, 6) is 3.23. The molecule has 1 fully saturated rings. The molecule has 1 unspecified atom stereocenters. The van der Waals surface area contributed by atoms with Crippen molar-refractivity contribution in [1.29, 1.82) is 0 Å². The molecule has 7 nitrogen and oxygen atoms in total. The second-order valence-electron chi connectivity index (χ2n) is 6.62. The number of aryl methyl sites for hydroxylation is 1. The van der Waals surface area contributed by atoms with E-state index in [0.29, 0.717) is 19.1 Å². The van der Waals surface area contributed by atoms with E-state index >= 15 is 0 Å². The van der Waals surface area contributed by atoms with Gasteiger partial charge in [0.05, 0.1) is 6.61 Å². The van der Waals surface area contributed by atoms with E-state index in [9.17, 15) is 0 Å². The third kappa shape index (κ3) is 4.40. The molecule has 2 aromatic rings. The average molecular weight is 356 g/mol. The van der Waals surface area contributed by atoms with Crippen molar-refractivity contribution >= 4 is 5.96 Å². The summed E-state index contributed by atoms with van der Waals surface area (Å²) < 4.78 is 7.15. The molecule has 1 aromatic carbocycles. The number of hydrogen-bond acceptors (Lipinski definition) is 4. The summed E-state index contributed by atoms with van der Waals surface area (Å²) in [6, 6.07) is 10.7. The van der Waals surface area contributed by atoms with Crippen LogP contribution in [0.3, 0.4) is 0 Å². The molecule has 1 aromatic heterocycles. The van der Waals surface area contributed by atoms with E-state index in [1.54, 1.807) is 7.11 Å². The molecule has 1 atom stereocenters. The van der Waals surface area contributed by atoms with Crippen LogP contribution in [-0.2, 0) is 18.3 Å². The molecule has 0 saturated carbocycles. The van der Waals surface area contributed by atoms with E-state index in [4.69, 9.17) is 9.73 Å². The van der Waals surface area contributed by atoms with Crippen molar-refractivity contribution in [1.82, 2.24) is 25.0 Å². The van der Waals surface area contributed by atoms with Crippen LogP contribution < -0.4 is 5.32 Å². The number of rotatable bonds is 6. The molecule has 0 amide bonds. The first-order valence-corrected chi connectivity index (χ1v) is 9.11. The maximum absolute atomic E-state index is 5.17. The molecular weight excluding hydrogens is 328 g/mol. The van der Waals surface area contributed by atoms with Crippen LogP contribution in [0.2, 0.25) is 0 Å². The zero-order valence-electron chi connectivity index (χ0n) is 15.9. The number of ether oxygens (including phenoxy) is 1. The van der Waals surface area contributed by atoms with Gasteiger partial charge in [0.15, 0.2) is 11.8 Å². The van der Waals surface area contributed by atoms with Gasteiger partial charge in [-0.2, -0.15) is 0 Å². The predicted octanol–water partition coefficient (Wildman–Crippen LogP) is 1.71. The summed E-state index contributed by atoms with van der Waals surface area (Å²) in [7, 11) is 3.68. The van der Waals surface area contributed by atoms with Crippen LogP contribution in [0.5, 0.6) is 0 Å². The molecule has 0 spiro atoms. The number of methoxy groups -OCH3 is 1. The summed E-state index contributed by atoms with van der Waals surface area (Å²) in [5.41, 5.74) is 1.40. The summed E-state index contributed by atoms with van der Waals surface area (Å²) in [6.07, 6.45) is 1.14. The Bertz CT molecular complexity index is 727. The lowest BCUT2D eigenvalue weighted by Crippen LogP contribution is -2.41. The van der Waals surface area contributed by atoms with Crippen molar-refractivity contribution in [3.63, 3.8) is 0 Å². The third-order valence-corrected chi connectivity index (χ3v) is 4.90. The Morgan fingerprint density at radius 1 is 1.31 bits per heavy atom. The maximum Gasteiger partial charge on any atom is 0.194 e. The monoisotopic (exact) mass is 356 g/mol. The van der Waals surface area contributed by atoms with Crippen LogP contribution in [0.25, 0.3) is 0 Å². The second kappa shape index (κ2) is 8.80. The van der Waals surface area contributed by atoms with E-state index in [1.807, 2.05) is 18.5 Å². The molecule has 1 N–H and O–H groups in total. The third-order valence-electron chi connectivity index (χ3n) is 4.90. The highest BCUT2D eigenvalue weighted by Gasteiger charge is 2.26. The van der Waals surface area contributed by atoms with Crippen molar-refractivity contribution in [3.8, 4) is 0 Å². The van der Waals surface area contributed by atoms with Gasteiger partial charge < -0.3 is 19.5 Å². The van der Waals surface area contributed by atoms with Crippen molar-refractivity contribution in [3.05, 3.63) is 47.5 Å². The van der Waals surface area contributed by atoms with Crippen molar-refractivity contribution in [2.24, 2.45) is 12.0 Å². The number of likely N-dealkylation sites (tertiary alicyclic amines) is 1. The van der Waals surface area contributed by atoms with E-state index < -0.39 is 0 Å². The summed E-state index contributed by atoms with van der Waals surface area (Å²) >= 11 is 0. The second-order valence-corrected chi connectivity index (χ2v) is 6.62. The van der Waals surface area contributed by atoms with Gasteiger partial charge in [0, 0.05) is 39.7 Å². The van der Waals surface area contributed by atoms with Crippen molar-refractivity contribution < 1.29 is 4.74 Å². The van der Waals surface area contributed by atoms with Gasteiger partial charge in [-0.3, -0.25) is 0 Å². The van der Waals surface area contributed by atoms with Gasteiger partial charge in [0.2, 0.25) is 0 Å². The Labute approximate surface area is 155 Å². The first-order chi connectivity index (χ1) is 12.7. The fourth-order valence-corrected chi connectivity index (χ4v) is 3.22. The first kappa shape index (κ1) is 18.4. The molecule has 0 bridgehead atoms. The molecule has 0 radical (unpaired) electrons. The van der Waals surface area contributed by atoms with Crippen LogP contribution in [-0.4, -0.2) is 59.0 Å². The van der Waals surface area contributed by atoms with Gasteiger partial charge >= 0.3 is 0 Å². The molecule has 0 aliphatic carbocycles. The molecule has 140 valence electrons. The highest BCUT2D eigenvalue weighted by Crippen LogP contribution is 2.26. The topological polar surface area (TPSA) is 67.6 Å². The average Bonchev–Trinajstić information content (AvgIpc) is 3.27. The normalized spacial score (nSPS) is 17.7. The Balaban J connectivity index is 1.69. The minimum Gasteiger partial charge on any atom is -0.383 e. The largest absolute Gasteiger partial charge is 0.383 e. The van der Waals surface area contributed by atoms with E-state index in [1.165, 1.54) is 5.56 Å². The molecule has 1 saturated heterocycles. The number of nitrogens with one attached hydrogen (secondary N) is 1. The Morgan fingerprint density at radius 2 is 2.12 bits per heavy atom. The fraction of sp³-hybridized carbons (Fsp3) is 0.526. The molecule has 1 aliphatic rings. The van der Waals surface area contributed by atoms with Crippen molar-refractivity contribution in [2.75, 3.05) is 33.4 Å². The molecule has 26 heavy (non-hydrogen) atoms. The van der Waals surface area contributed by atoms with Gasteiger partial charge in [-0.15, -0.1) is 10.2 Å². The molecule has 2 heterocycles. The molecular formula is C19H28N6O. The molecule has 3 rings (SSSR count). The molecule has 7 heteroatoms. The standard InChI is InChI=1S/C19H28N6O/c1-15-22-23-18(24(15)2)13-21-19(20-10-12-26-3)25-11-9-17(14-25)16-7-5-4-6-8-16/h4-8,17H,9-14H2,1-3H3,(H,20,21). The number of aromatic nitrogens is 3. The molecule has 1 aliphatic heterocycles. The Hall–Kier alpha value is -2.41. The van der Waals surface area contributed by atoms with E-state index in [2.05, 4.69) is 50.7 Å². The summed E-state index contributed by atoms with van der Waals surface area (Å²) in [4.78, 5) is 7.13. The number of hydrogen-bond donors (Lipinski definition) is 1. The van der Waals surface area contributed by atoms with Gasteiger partial charge in [-0.1, -0.05) is 30.3 Å². The fourth-order valence-electron chi connectivity index (χ4n) is 3.22. The highest BCUT2D eigenvalue weighted by atomic mass is 16.5. The summed E-state index contributed by atoms with van der Waals surface area (Å²) in [6.45, 7) is 5.82. The van der Waals surface area contributed by atoms with Gasteiger partial charge in [0.1, 0.15) is 12.4 Å². The van der Waals surface area contributed by atoms with Crippen LogP contribution >= 0.6 is 0 Å². The highest BCUT2D eigenvalue weighted by molar-refractivity contribution is 5.80. The minimum atomic E-state index is 0.513. The first-order valence-electron chi connectivity index (χ1n) is 9.11. The van der Waals surface area contributed by atoms with Gasteiger partial charge in [-0.25, -0.2) is 4.99 Å². The summed E-state index contributed by atoms with van der Waals surface area (Å²) in [5, 5.41) is 11.7. The predicted molar refractivity (Wildman–Crippen MR) is 102 cm³/mol. The lowest BCUT2D eigenvalue weighted by atomic mass is 9.99. The Morgan fingerprint density at radius 3 is 2.81 bits per heavy atom. The number of guanidine groups is 1. The smallest absolute Gasteiger partial charge is 0.194 e. The van der Waals surface area contributed by atoms with Crippen molar-refractivity contribution in [2.45, 2.75) is 25.8 Å². The zero-order valence-corrected chi connectivity index (χ0v) is 15.9. The van der Waals surface area contributed by atoms with Crippen LogP contribution in [0.1, 0.15) is 29.6 Å². The zero-order chi connectivity index (χ0) is 18.4. The SMILES string of the molecule is COCCNC(=NCc1nnc(C)n1C)N1CCC(c2ccccc2)C1. The maximum atomic E-state index is 5.17. The number of benzene rings is 1. The van der Waals surface area contributed by atoms with Crippen LogP contribution in [0.15, 0.2) is 35.3 Å². The van der Waals surface area contributed by atoms with Crippen LogP contribution in [0, 0.1) is 6.92 Å². The number of nitrogens with zero attached hydrogens (tertiary/aromatic N) is 5. The van der Waals surface area contributed by atoms with E-state index in [0.717, 1.165) is 43.7 Å². The lowest BCUT2D eigenvalue weighted by Gasteiger charge is -2.22.